The van der Waals surface area contributed by atoms with E-state index in [9.17, 15) is 10.2 Å². The number of benzene rings is 1. The van der Waals surface area contributed by atoms with Crippen LogP contribution in [0.4, 0.5) is 0 Å². The summed E-state index contributed by atoms with van der Waals surface area (Å²) in [7, 11) is 0. The third-order valence-corrected chi connectivity index (χ3v) is 1.91. The van der Waals surface area contributed by atoms with Gasteiger partial charge in [-0.3, -0.25) is 0 Å². The molecule has 0 spiro atoms. The van der Waals surface area contributed by atoms with E-state index in [1.165, 1.54) is 12.1 Å². The van der Waals surface area contributed by atoms with Crippen molar-refractivity contribution in [1.82, 2.24) is 4.98 Å². The molecule has 2 aromatic rings. The third-order valence-electron chi connectivity index (χ3n) is 1.91. The van der Waals surface area contributed by atoms with Crippen molar-refractivity contribution in [3.8, 4) is 22.9 Å². The molecule has 0 aliphatic heterocycles. The van der Waals surface area contributed by atoms with Crippen LogP contribution >= 0.6 is 0 Å². The van der Waals surface area contributed by atoms with E-state index in [0.29, 0.717) is 0 Å². The maximum atomic E-state index is 9.18. The molecule has 0 fully saturated rings. The molecule has 0 amide bonds. The zero-order valence-electron chi connectivity index (χ0n) is 7.38. The Bertz CT molecular complexity index is 420. The predicted octanol–water partition coefficient (Wildman–Crippen LogP) is 2.16. The van der Waals surface area contributed by atoms with Gasteiger partial charge in [-0.15, -0.1) is 0 Å². The summed E-state index contributed by atoms with van der Waals surface area (Å²) in [6.07, 6.45) is 0. The average Bonchev–Trinajstić information content (AvgIpc) is 2.18. The Kier molecular flexibility index (Phi) is 2.07. The van der Waals surface area contributed by atoms with Crippen molar-refractivity contribution in [2.24, 2.45) is 0 Å². The molecule has 0 aliphatic carbocycles. The zero-order chi connectivity index (χ0) is 9.97. The Morgan fingerprint density at radius 1 is 0.786 bits per heavy atom. The normalized spacial score (nSPS) is 10.0. The molecule has 0 saturated carbocycles. The van der Waals surface area contributed by atoms with Crippen LogP contribution in [0.3, 0.4) is 0 Å². The summed E-state index contributed by atoms with van der Waals surface area (Å²) in [5.41, 5.74) is 1.68. The highest BCUT2D eigenvalue weighted by Gasteiger charge is 2.01. The van der Waals surface area contributed by atoms with E-state index in [1.807, 2.05) is 30.3 Å². The highest BCUT2D eigenvalue weighted by molar-refractivity contribution is 5.65. The summed E-state index contributed by atoms with van der Waals surface area (Å²) in [6.45, 7) is 0. The molecule has 0 unspecified atom stereocenters. The van der Waals surface area contributed by atoms with E-state index in [4.69, 9.17) is 0 Å². The van der Waals surface area contributed by atoms with Gasteiger partial charge >= 0.3 is 0 Å². The first-order valence-electron chi connectivity index (χ1n) is 4.21. The van der Waals surface area contributed by atoms with Crippen molar-refractivity contribution in [1.29, 1.82) is 0 Å². The lowest BCUT2D eigenvalue weighted by molar-refractivity contribution is 0.414. The Hall–Kier alpha value is -2.03. The quantitative estimate of drug-likeness (QED) is 0.719. The summed E-state index contributed by atoms with van der Waals surface area (Å²) < 4.78 is 0. The summed E-state index contributed by atoms with van der Waals surface area (Å²) in [5, 5.41) is 18.4. The summed E-state index contributed by atoms with van der Waals surface area (Å²) in [5.74, 6) is -0.354. The van der Waals surface area contributed by atoms with Crippen molar-refractivity contribution in [3.63, 3.8) is 0 Å². The molecule has 0 saturated heterocycles. The van der Waals surface area contributed by atoms with Gasteiger partial charge in [0, 0.05) is 12.1 Å². The van der Waals surface area contributed by atoms with Crippen LogP contribution in [-0.2, 0) is 0 Å². The highest BCUT2D eigenvalue weighted by Crippen LogP contribution is 2.25. The van der Waals surface area contributed by atoms with Crippen LogP contribution in [0.5, 0.6) is 11.8 Å². The van der Waals surface area contributed by atoms with Gasteiger partial charge in [0.2, 0.25) is 11.8 Å². The summed E-state index contributed by atoms with van der Waals surface area (Å²) >= 11 is 0. The molecule has 1 heterocycles. The van der Waals surface area contributed by atoms with Gasteiger partial charge in [-0.2, -0.15) is 4.98 Å². The van der Waals surface area contributed by atoms with Crippen LogP contribution in [0, 0.1) is 0 Å². The van der Waals surface area contributed by atoms with E-state index in [-0.39, 0.29) is 11.8 Å². The summed E-state index contributed by atoms with van der Waals surface area (Å²) in [4.78, 5) is 3.47. The maximum Gasteiger partial charge on any atom is 0.214 e. The first-order valence-corrected chi connectivity index (χ1v) is 4.21. The fourth-order valence-corrected chi connectivity index (χ4v) is 1.30. The van der Waals surface area contributed by atoms with E-state index < -0.39 is 0 Å². The molecular formula is C11H9NO2. The molecule has 2 N–H and O–H groups in total. The molecular weight excluding hydrogens is 178 g/mol. The molecule has 70 valence electrons. The molecule has 3 heteroatoms. The fourth-order valence-electron chi connectivity index (χ4n) is 1.30. The monoisotopic (exact) mass is 187 g/mol. The second-order valence-electron chi connectivity index (χ2n) is 2.94. The van der Waals surface area contributed by atoms with Crippen molar-refractivity contribution in [3.05, 3.63) is 42.5 Å². The Morgan fingerprint density at radius 2 is 1.36 bits per heavy atom. The van der Waals surface area contributed by atoms with Crippen molar-refractivity contribution < 1.29 is 10.2 Å². The largest absolute Gasteiger partial charge is 0.493 e. The minimum Gasteiger partial charge on any atom is -0.493 e. The number of hydrogen-bond donors (Lipinski definition) is 2. The Balaban J connectivity index is 2.52. The molecule has 0 atom stereocenters. The smallest absolute Gasteiger partial charge is 0.214 e. The van der Waals surface area contributed by atoms with E-state index in [2.05, 4.69) is 4.98 Å². The lowest BCUT2D eigenvalue weighted by atomic mass is 10.1. The predicted molar refractivity (Wildman–Crippen MR) is 53.0 cm³/mol. The van der Waals surface area contributed by atoms with E-state index in [0.717, 1.165) is 11.1 Å². The van der Waals surface area contributed by atoms with Gasteiger partial charge in [-0.1, -0.05) is 30.3 Å². The third kappa shape index (κ3) is 1.66. The first kappa shape index (κ1) is 8.56. The molecule has 2 rings (SSSR count). The van der Waals surface area contributed by atoms with Crippen molar-refractivity contribution >= 4 is 0 Å². The average molecular weight is 187 g/mol. The Labute approximate surface area is 81.3 Å². The zero-order valence-corrected chi connectivity index (χ0v) is 7.38. The minimum absolute atomic E-state index is 0.177. The SMILES string of the molecule is Oc1cc(-c2ccccc2)cc(O)n1. The Morgan fingerprint density at radius 3 is 1.93 bits per heavy atom. The van der Waals surface area contributed by atoms with Gasteiger partial charge in [-0.25, -0.2) is 0 Å². The number of rotatable bonds is 1. The molecule has 14 heavy (non-hydrogen) atoms. The minimum atomic E-state index is -0.177. The molecule has 1 aromatic heterocycles. The summed E-state index contributed by atoms with van der Waals surface area (Å²) in [6, 6.07) is 12.5. The van der Waals surface area contributed by atoms with Crippen LogP contribution in [0.2, 0.25) is 0 Å². The molecule has 0 aliphatic rings. The van der Waals surface area contributed by atoms with Crippen LogP contribution < -0.4 is 0 Å². The van der Waals surface area contributed by atoms with Gasteiger partial charge < -0.3 is 10.2 Å². The standard InChI is InChI=1S/C11H9NO2/c13-10-6-9(7-11(14)12-10)8-4-2-1-3-5-8/h1-7H,(H2,12,13,14). The number of nitrogens with zero attached hydrogens (tertiary/aromatic N) is 1. The van der Waals surface area contributed by atoms with Crippen LogP contribution in [-0.4, -0.2) is 15.2 Å². The second kappa shape index (κ2) is 3.38. The molecule has 1 aromatic carbocycles. The lowest BCUT2D eigenvalue weighted by Crippen LogP contribution is -1.80. The van der Waals surface area contributed by atoms with Crippen molar-refractivity contribution in [2.45, 2.75) is 0 Å². The topological polar surface area (TPSA) is 53.4 Å². The molecule has 0 radical (unpaired) electrons. The molecule has 3 nitrogen and oxygen atoms in total. The van der Waals surface area contributed by atoms with Gasteiger partial charge in [-0.05, 0) is 11.1 Å². The first-order chi connectivity index (χ1) is 6.75. The highest BCUT2D eigenvalue weighted by atomic mass is 16.3. The van der Waals surface area contributed by atoms with E-state index in [1.54, 1.807) is 0 Å². The number of hydrogen-bond acceptors (Lipinski definition) is 3. The number of aromatic nitrogens is 1. The number of pyridine rings is 1. The fraction of sp³-hybridized carbons (Fsp3) is 0. The van der Waals surface area contributed by atoms with Gasteiger partial charge in [0.25, 0.3) is 0 Å². The maximum absolute atomic E-state index is 9.18. The van der Waals surface area contributed by atoms with Crippen LogP contribution in [0.15, 0.2) is 42.5 Å². The van der Waals surface area contributed by atoms with Gasteiger partial charge in [0.05, 0.1) is 0 Å². The van der Waals surface area contributed by atoms with Crippen LogP contribution in [0.1, 0.15) is 0 Å². The van der Waals surface area contributed by atoms with Gasteiger partial charge in [0.15, 0.2) is 0 Å². The van der Waals surface area contributed by atoms with Gasteiger partial charge in [0.1, 0.15) is 0 Å². The van der Waals surface area contributed by atoms with Crippen molar-refractivity contribution in [2.75, 3.05) is 0 Å². The number of aromatic hydroxyl groups is 2. The lowest BCUT2D eigenvalue weighted by Gasteiger charge is -2.02. The molecule has 0 bridgehead atoms. The van der Waals surface area contributed by atoms with E-state index >= 15 is 0 Å². The second-order valence-corrected chi connectivity index (χ2v) is 2.94. The van der Waals surface area contributed by atoms with Crippen LogP contribution in [0.25, 0.3) is 11.1 Å².